The summed E-state index contributed by atoms with van der Waals surface area (Å²) in [5.41, 5.74) is -0.254. The van der Waals surface area contributed by atoms with Crippen LogP contribution < -0.4 is 5.32 Å². The molecular weight excluding hydrogens is 192 g/mol. The largest absolute Gasteiger partial charge is 0.335 e. The van der Waals surface area contributed by atoms with Gasteiger partial charge in [-0.15, -0.1) is 0 Å². The van der Waals surface area contributed by atoms with Gasteiger partial charge in [-0.05, 0) is 19.3 Å². The lowest BCUT2D eigenvalue weighted by Gasteiger charge is -2.35. The van der Waals surface area contributed by atoms with Gasteiger partial charge in [0.25, 0.3) is 0 Å². The Hall–Kier alpha value is -1.06. The number of nitrogens with zero attached hydrogens (tertiary/aromatic N) is 1. The second-order valence-corrected chi connectivity index (χ2v) is 5.20. The Morgan fingerprint density at radius 1 is 1.47 bits per heavy atom. The lowest BCUT2D eigenvalue weighted by molar-refractivity contribution is -0.130. The Kier molecular flexibility index (Phi) is 2.44. The van der Waals surface area contributed by atoms with Crippen molar-refractivity contribution >= 4 is 11.8 Å². The number of nitrogens with one attached hydrogen (secondary N) is 1. The van der Waals surface area contributed by atoms with Crippen molar-refractivity contribution in [1.29, 1.82) is 0 Å². The maximum absolute atomic E-state index is 11.7. The van der Waals surface area contributed by atoms with E-state index >= 15 is 0 Å². The number of carbonyl (C=O) groups is 2. The first-order valence-electron chi connectivity index (χ1n) is 5.58. The monoisotopic (exact) mass is 210 g/mol. The number of Topliss-reactive ketones (excluding diaryl/α,β-unsaturated/α-hetero) is 1. The molecule has 0 aromatic carbocycles. The molecule has 0 spiro atoms. The van der Waals surface area contributed by atoms with E-state index in [-0.39, 0.29) is 23.8 Å². The van der Waals surface area contributed by atoms with Crippen LogP contribution in [-0.4, -0.2) is 35.8 Å². The van der Waals surface area contributed by atoms with Crippen LogP contribution in [0.4, 0.5) is 4.79 Å². The van der Waals surface area contributed by atoms with Gasteiger partial charge >= 0.3 is 6.03 Å². The smallest absolute Gasteiger partial charge is 0.318 e. The number of urea groups is 1. The molecular formula is C11H18N2O2. The second-order valence-electron chi connectivity index (χ2n) is 5.20. The molecule has 2 fully saturated rings. The predicted molar refractivity (Wildman–Crippen MR) is 56.5 cm³/mol. The van der Waals surface area contributed by atoms with Gasteiger partial charge < -0.3 is 10.2 Å². The number of ketones is 1. The minimum Gasteiger partial charge on any atom is -0.335 e. The van der Waals surface area contributed by atoms with Crippen molar-refractivity contribution in [2.24, 2.45) is 5.41 Å². The summed E-state index contributed by atoms with van der Waals surface area (Å²) < 4.78 is 0. The van der Waals surface area contributed by atoms with Gasteiger partial charge in [0.05, 0.1) is 6.54 Å². The van der Waals surface area contributed by atoms with Crippen LogP contribution in [0, 0.1) is 5.41 Å². The fourth-order valence-corrected chi connectivity index (χ4v) is 1.69. The van der Waals surface area contributed by atoms with Gasteiger partial charge in [-0.1, -0.05) is 13.8 Å². The third kappa shape index (κ3) is 2.30. The quantitative estimate of drug-likeness (QED) is 0.706. The minimum absolute atomic E-state index is 0.0682. The Morgan fingerprint density at radius 3 is 2.67 bits per heavy atom. The Bertz CT molecular complexity index is 295. The fraction of sp³-hybridized carbons (Fsp3) is 0.818. The molecule has 2 rings (SSSR count). The van der Waals surface area contributed by atoms with Crippen LogP contribution in [0.3, 0.4) is 0 Å². The summed E-state index contributed by atoms with van der Waals surface area (Å²) in [5.74, 6) is 0.166. The number of piperidine rings is 1. The van der Waals surface area contributed by atoms with E-state index in [1.54, 1.807) is 4.90 Å². The predicted octanol–water partition coefficient (Wildman–Crippen LogP) is 1.16. The lowest BCUT2D eigenvalue weighted by atomic mass is 9.81. The summed E-state index contributed by atoms with van der Waals surface area (Å²) in [5, 5.41) is 2.91. The molecule has 0 aromatic heterocycles. The Balaban J connectivity index is 1.89. The molecule has 2 aliphatic rings. The fourth-order valence-electron chi connectivity index (χ4n) is 1.69. The molecule has 1 aliphatic heterocycles. The summed E-state index contributed by atoms with van der Waals surface area (Å²) in [6.45, 7) is 4.86. The van der Waals surface area contributed by atoms with Crippen LogP contribution >= 0.6 is 0 Å². The number of rotatable bonds is 1. The van der Waals surface area contributed by atoms with Crippen LogP contribution in [0.25, 0.3) is 0 Å². The highest BCUT2D eigenvalue weighted by Crippen LogP contribution is 2.27. The van der Waals surface area contributed by atoms with Crippen molar-refractivity contribution in [3.8, 4) is 0 Å². The van der Waals surface area contributed by atoms with Crippen molar-refractivity contribution in [2.45, 2.75) is 39.2 Å². The molecule has 1 heterocycles. The third-order valence-electron chi connectivity index (χ3n) is 3.29. The molecule has 1 saturated carbocycles. The highest BCUT2D eigenvalue weighted by Gasteiger charge is 2.36. The minimum atomic E-state index is -0.254. The maximum Gasteiger partial charge on any atom is 0.318 e. The molecule has 0 atom stereocenters. The Morgan fingerprint density at radius 2 is 2.13 bits per heavy atom. The SMILES string of the molecule is CC1(C)CCN(C(=O)NC2CC2)CC1=O. The average Bonchev–Trinajstić information content (AvgIpc) is 2.93. The third-order valence-corrected chi connectivity index (χ3v) is 3.29. The van der Waals surface area contributed by atoms with Gasteiger partial charge in [0.1, 0.15) is 0 Å². The number of hydrogen-bond acceptors (Lipinski definition) is 2. The van der Waals surface area contributed by atoms with Gasteiger partial charge in [-0.25, -0.2) is 4.79 Å². The van der Waals surface area contributed by atoms with Crippen molar-refractivity contribution in [3.63, 3.8) is 0 Å². The van der Waals surface area contributed by atoms with Gasteiger partial charge in [-0.3, -0.25) is 4.79 Å². The summed E-state index contributed by atoms with van der Waals surface area (Å²) in [6.07, 6.45) is 2.93. The first-order valence-corrected chi connectivity index (χ1v) is 5.58. The van der Waals surface area contributed by atoms with E-state index in [9.17, 15) is 9.59 Å². The lowest BCUT2D eigenvalue weighted by Crippen LogP contribution is -2.51. The van der Waals surface area contributed by atoms with Gasteiger partial charge in [0, 0.05) is 18.0 Å². The van der Waals surface area contributed by atoms with Crippen LogP contribution in [0.5, 0.6) is 0 Å². The molecule has 1 saturated heterocycles. The average molecular weight is 210 g/mol. The molecule has 15 heavy (non-hydrogen) atoms. The zero-order valence-corrected chi connectivity index (χ0v) is 9.38. The molecule has 4 nitrogen and oxygen atoms in total. The van der Waals surface area contributed by atoms with Crippen LogP contribution in [-0.2, 0) is 4.79 Å². The number of carbonyl (C=O) groups excluding carboxylic acids is 2. The van der Waals surface area contributed by atoms with Crippen LogP contribution in [0.1, 0.15) is 33.1 Å². The molecule has 0 aromatic rings. The molecule has 0 radical (unpaired) electrons. The normalized spacial score (nSPS) is 25.2. The van der Waals surface area contributed by atoms with E-state index in [0.717, 1.165) is 19.3 Å². The summed E-state index contributed by atoms with van der Waals surface area (Å²) in [6, 6.07) is 0.295. The van der Waals surface area contributed by atoms with Crippen LogP contribution in [0.15, 0.2) is 0 Å². The first kappa shape index (κ1) is 10.5. The van der Waals surface area contributed by atoms with E-state index in [4.69, 9.17) is 0 Å². The van der Waals surface area contributed by atoms with Gasteiger partial charge in [0.15, 0.2) is 5.78 Å². The first-order chi connectivity index (χ1) is 6.99. The molecule has 0 unspecified atom stereocenters. The summed E-state index contributed by atoms with van der Waals surface area (Å²) in [7, 11) is 0. The van der Waals surface area contributed by atoms with Gasteiger partial charge in [-0.2, -0.15) is 0 Å². The van der Waals surface area contributed by atoms with E-state index in [1.165, 1.54) is 0 Å². The number of amides is 2. The molecule has 1 N–H and O–H groups in total. The van der Waals surface area contributed by atoms with E-state index in [0.29, 0.717) is 12.6 Å². The van der Waals surface area contributed by atoms with E-state index in [1.807, 2.05) is 13.8 Å². The zero-order valence-electron chi connectivity index (χ0n) is 9.38. The Labute approximate surface area is 90.0 Å². The van der Waals surface area contributed by atoms with E-state index < -0.39 is 0 Å². The van der Waals surface area contributed by atoms with Crippen molar-refractivity contribution in [3.05, 3.63) is 0 Å². The van der Waals surface area contributed by atoms with Crippen LogP contribution in [0.2, 0.25) is 0 Å². The summed E-state index contributed by atoms with van der Waals surface area (Å²) in [4.78, 5) is 25.0. The molecule has 0 bridgehead atoms. The number of likely N-dealkylation sites (tertiary alicyclic amines) is 1. The molecule has 84 valence electrons. The highest BCUT2D eigenvalue weighted by molar-refractivity contribution is 5.90. The van der Waals surface area contributed by atoms with Gasteiger partial charge in [0.2, 0.25) is 0 Å². The summed E-state index contributed by atoms with van der Waals surface area (Å²) >= 11 is 0. The maximum atomic E-state index is 11.7. The number of hydrogen-bond donors (Lipinski definition) is 1. The van der Waals surface area contributed by atoms with E-state index in [2.05, 4.69) is 5.32 Å². The second kappa shape index (κ2) is 3.51. The van der Waals surface area contributed by atoms with Crippen molar-refractivity contribution < 1.29 is 9.59 Å². The van der Waals surface area contributed by atoms with Crippen molar-refractivity contribution in [2.75, 3.05) is 13.1 Å². The standard InChI is InChI=1S/C11H18N2O2/c1-11(2)5-6-13(7-9(11)14)10(15)12-8-3-4-8/h8H,3-7H2,1-2H3,(H,12,15). The van der Waals surface area contributed by atoms with Crippen molar-refractivity contribution in [1.82, 2.24) is 10.2 Å². The molecule has 1 aliphatic carbocycles. The molecule has 4 heteroatoms. The zero-order chi connectivity index (χ0) is 11.1. The topological polar surface area (TPSA) is 49.4 Å². The molecule has 2 amide bonds. The highest BCUT2D eigenvalue weighted by atomic mass is 16.2.